The Morgan fingerprint density at radius 1 is 1.47 bits per heavy atom. The van der Waals surface area contributed by atoms with Crippen LogP contribution in [0.5, 0.6) is 5.88 Å². The summed E-state index contributed by atoms with van der Waals surface area (Å²) in [5.41, 5.74) is 6.44. The van der Waals surface area contributed by atoms with Crippen molar-refractivity contribution in [2.24, 2.45) is 5.92 Å². The number of nitrogens with two attached hydrogens (primary N) is 1. The van der Waals surface area contributed by atoms with Crippen LogP contribution in [0.15, 0.2) is 12.1 Å². The molecule has 1 aliphatic heterocycles. The molecule has 4 nitrogen and oxygen atoms in total. The number of pyridine rings is 1. The van der Waals surface area contributed by atoms with Crippen LogP contribution >= 0.6 is 0 Å². The van der Waals surface area contributed by atoms with E-state index >= 15 is 0 Å². The summed E-state index contributed by atoms with van der Waals surface area (Å²) in [6.45, 7) is 8.10. The van der Waals surface area contributed by atoms with Crippen molar-refractivity contribution < 1.29 is 4.74 Å². The van der Waals surface area contributed by atoms with Crippen LogP contribution < -0.4 is 15.4 Å². The Morgan fingerprint density at radius 3 is 2.82 bits per heavy atom. The highest BCUT2D eigenvalue weighted by Crippen LogP contribution is 2.30. The minimum absolute atomic E-state index is 0.538. The number of anilines is 2. The van der Waals surface area contributed by atoms with Gasteiger partial charge in [0.05, 0.1) is 12.3 Å². The first-order valence-corrected chi connectivity index (χ1v) is 6.27. The van der Waals surface area contributed by atoms with Crippen molar-refractivity contribution in [2.75, 3.05) is 23.8 Å². The second kappa shape index (κ2) is 4.82. The number of rotatable bonds is 3. The fourth-order valence-electron chi connectivity index (χ4n) is 2.47. The van der Waals surface area contributed by atoms with Gasteiger partial charge in [-0.25, -0.2) is 0 Å². The van der Waals surface area contributed by atoms with E-state index in [1.54, 1.807) is 0 Å². The van der Waals surface area contributed by atoms with Crippen molar-refractivity contribution in [3.63, 3.8) is 0 Å². The molecule has 1 fully saturated rings. The molecule has 0 aromatic carbocycles. The van der Waals surface area contributed by atoms with Crippen molar-refractivity contribution in [3.8, 4) is 5.88 Å². The van der Waals surface area contributed by atoms with Crippen LogP contribution in [-0.4, -0.2) is 24.2 Å². The Labute approximate surface area is 103 Å². The highest BCUT2D eigenvalue weighted by atomic mass is 16.5. The standard InChI is InChI=1S/C13H21N3O/c1-4-17-13-11(14)5-6-12(15-13)16-8-9(2)7-10(16)3/h5-6,9-10H,4,7-8,14H2,1-3H3. The summed E-state index contributed by atoms with van der Waals surface area (Å²) in [4.78, 5) is 6.83. The maximum atomic E-state index is 5.83. The average Bonchev–Trinajstić information content (AvgIpc) is 2.61. The minimum Gasteiger partial charge on any atom is -0.476 e. The second-order valence-corrected chi connectivity index (χ2v) is 4.84. The molecule has 2 unspecified atom stereocenters. The zero-order valence-corrected chi connectivity index (χ0v) is 10.8. The molecule has 0 radical (unpaired) electrons. The van der Waals surface area contributed by atoms with Gasteiger partial charge in [0.1, 0.15) is 5.82 Å². The zero-order chi connectivity index (χ0) is 12.4. The number of hydrogen-bond donors (Lipinski definition) is 1. The van der Waals surface area contributed by atoms with Crippen LogP contribution in [0.2, 0.25) is 0 Å². The van der Waals surface area contributed by atoms with Gasteiger partial charge >= 0.3 is 0 Å². The summed E-state index contributed by atoms with van der Waals surface area (Å²) in [7, 11) is 0. The summed E-state index contributed by atoms with van der Waals surface area (Å²) in [5, 5.41) is 0. The van der Waals surface area contributed by atoms with Gasteiger partial charge < -0.3 is 15.4 Å². The molecule has 94 valence electrons. The molecule has 2 N–H and O–H groups in total. The summed E-state index contributed by atoms with van der Waals surface area (Å²) < 4.78 is 5.44. The third kappa shape index (κ3) is 2.46. The van der Waals surface area contributed by atoms with Crippen LogP contribution in [0.25, 0.3) is 0 Å². The monoisotopic (exact) mass is 235 g/mol. The summed E-state index contributed by atoms with van der Waals surface area (Å²) in [6.07, 6.45) is 1.22. The van der Waals surface area contributed by atoms with E-state index in [9.17, 15) is 0 Å². The van der Waals surface area contributed by atoms with Crippen LogP contribution in [0.1, 0.15) is 27.2 Å². The Kier molecular flexibility index (Phi) is 3.41. The number of hydrogen-bond acceptors (Lipinski definition) is 4. The lowest BCUT2D eigenvalue weighted by atomic mass is 10.1. The lowest BCUT2D eigenvalue weighted by Crippen LogP contribution is -2.27. The van der Waals surface area contributed by atoms with E-state index < -0.39 is 0 Å². The van der Waals surface area contributed by atoms with Gasteiger partial charge in [0.2, 0.25) is 5.88 Å². The molecule has 2 heterocycles. The average molecular weight is 235 g/mol. The Balaban J connectivity index is 2.24. The third-order valence-electron chi connectivity index (χ3n) is 3.23. The molecule has 1 saturated heterocycles. The molecule has 1 aromatic heterocycles. The van der Waals surface area contributed by atoms with Crippen LogP contribution in [0.4, 0.5) is 11.5 Å². The third-order valence-corrected chi connectivity index (χ3v) is 3.23. The molecular weight excluding hydrogens is 214 g/mol. The lowest BCUT2D eigenvalue weighted by Gasteiger charge is -2.23. The molecule has 1 aromatic rings. The van der Waals surface area contributed by atoms with E-state index in [1.807, 2.05) is 19.1 Å². The van der Waals surface area contributed by atoms with Crippen molar-refractivity contribution in [1.82, 2.24) is 4.98 Å². The van der Waals surface area contributed by atoms with Gasteiger partial charge in [0.15, 0.2) is 0 Å². The predicted octanol–water partition coefficient (Wildman–Crippen LogP) is 2.30. The van der Waals surface area contributed by atoms with E-state index in [2.05, 4.69) is 23.7 Å². The summed E-state index contributed by atoms with van der Waals surface area (Å²) >= 11 is 0. The molecule has 17 heavy (non-hydrogen) atoms. The number of nitrogen functional groups attached to an aromatic ring is 1. The number of nitrogens with zero attached hydrogens (tertiary/aromatic N) is 2. The van der Waals surface area contributed by atoms with Crippen LogP contribution in [0, 0.1) is 5.92 Å². The molecule has 0 spiro atoms. The first kappa shape index (κ1) is 12.0. The maximum Gasteiger partial charge on any atom is 0.239 e. The quantitative estimate of drug-likeness (QED) is 0.873. The molecule has 2 rings (SSSR count). The molecule has 0 aliphatic carbocycles. The van der Waals surface area contributed by atoms with Crippen molar-refractivity contribution in [2.45, 2.75) is 33.2 Å². The Hall–Kier alpha value is -1.45. The van der Waals surface area contributed by atoms with Crippen molar-refractivity contribution >= 4 is 11.5 Å². The minimum atomic E-state index is 0.538. The van der Waals surface area contributed by atoms with E-state index in [0.29, 0.717) is 24.2 Å². The first-order valence-electron chi connectivity index (χ1n) is 6.27. The van der Waals surface area contributed by atoms with E-state index in [1.165, 1.54) is 6.42 Å². The van der Waals surface area contributed by atoms with E-state index in [4.69, 9.17) is 10.5 Å². The van der Waals surface area contributed by atoms with Crippen molar-refractivity contribution in [1.29, 1.82) is 0 Å². The molecule has 4 heteroatoms. The van der Waals surface area contributed by atoms with Gasteiger partial charge in [-0.15, -0.1) is 0 Å². The smallest absolute Gasteiger partial charge is 0.239 e. The number of aromatic nitrogens is 1. The molecular formula is C13H21N3O. The van der Waals surface area contributed by atoms with Gasteiger partial charge in [-0.1, -0.05) is 6.92 Å². The fourth-order valence-corrected chi connectivity index (χ4v) is 2.47. The molecule has 0 amide bonds. The predicted molar refractivity (Wildman–Crippen MR) is 70.4 cm³/mol. The number of ether oxygens (including phenoxy) is 1. The normalized spacial score (nSPS) is 24.1. The van der Waals surface area contributed by atoms with Crippen LogP contribution in [-0.2, 0) is 0 Å². The van der Waals surface area contributed by atoms with Gasteiger partial charge in [-0.3, -0.25) is 0 Å². The topological polar surface area (TPSA) is 51.4 Å². The molecule has 0 bridgehead atoms. The van der Waals surface area contributed by atoms with E-state index in [0.717, 1.165) is 18.3 Å². The van der Waals surface area contributed by atoms with Gasteiger partial charge in [0, 0.05) is 12.6 Å². The van der Waals surface area contributed by atoms with Gasteiger partial charge in [0.25, 0.3) is 0 Å². The first-order chi connectivity index (χ1) is 8.11. The Bertz CT molecular complexity index is 394. The van der Waals surface area contributed by atoms with Gasteiger partial charge in [-0.2, -0.15) is 4.98 Å². The van der Waals surface area contributed by atoms with Crippen LogP contribution in [0.3, 0.4) is 0 Å². The summed E-state index contributed by atoms with van der Waals surface area (Å²) in [6, 6.07) is 4.39. The molecule has 0 saturated carbocycles. The van der Waals surface area contributed by atoms with Gasteiger partial charge in [-0.05, 0) is 38.3 Å². The highest BCUT2D eigenvalue weighted by molar-refractivity contribution is 5.55. The van der Waals surface area contributed by atoms with Crippen molar-refractivity contribution in [3.05, 3.63) is 12.1 Å². The molecule has 1 aliphatic rings. The zero-order valence-electron chi connectivity index (χ0n) is 10.8. The lowest BCUT2D eigenvalue weighted by molar-refractivity contribution is 0.329. The highest BCUT2D eigenvalue weighted by Gasteiger charge is 2.27. The SMILES string of the molecule is CCOc1nc(N2CC(C)CC2C)ccc1N. The largest absolute Gasteiger partial charge is 0.476 e. The Morgan fingerprint density at radius 2 is 2.24 bits per heavy atom. The van der Waals surface area contributed by atoms with E-state index in [-0.39, 0.29) is 0 Å². The maximum absolute atomic E-state index is 5.83. The molecule has 2 atom stereocenters. The summed E-state index contributed by atoms with van der Waals surface area (Å²) in [5.74, 6) is 2.25. The fraction of sp³-hybridized carbons (Fsp3) is 0.615. The second-order valence-electron chi connectivity index (χ2n) is 4.84.